The maximum Gasteiger partial charge on any atom is 0.347 e. The van der Waals surface area contributed by atoms with Gasteiger partial charge >= 0.3 is 5.97 Å². The summed E-state index contributed by atoms with van der Waals surface area (Å²) < 4.78 is 16.2. The summed E-state index contributed by atoms with van der Waals surface area (Å²) in [7, 11) is 0. The van der Waals surface area contributed by atoms with Crippen molar-refractivity contribution in [1.29, 1.82) is 10.5 Å². The van der Waals surface area contributed by atoms with Gasteiger partial charge in [0.05, 0.1) is 13.2 Å². The number of nitriles is 2. The number of ether oxygens (including phenoxy) is 3. The van der Waals surface area contributed by atoms with Gasteiger partial charge in [-0.15, -0.1) is 0 Å². The average Bonchev–Trinajstić information content (AvgIpc) is 2.69. The number of hydrogen-bond donors (Lipinski definition) is 2. The molecule has 0 bridgehead atoms. The molecule has 2 rings (SSSR count). The highest BCUT2D eigenvalue weighted by atomic mass is 16.6. The third kappa shape index (κ3) is 4.47. The first-order chi connectivity index (χ1) is 13.9. The molecule has 0 amide bonds. The number of H-pyrrole nitrogens is 1. The number of benzene rings is 1. The predicted octanol–water partition coefficient (Wildman–Crippen LogP) is 2.10. The van der Waals surface area contributed by atoms with Crippen LogP contribution in [-0.4, -0.2) is 30.3 Å². The Balaban J connectivity index is 2.60. The first kappa shape index (κ1) is 21.3. The van der Waals surface area contributed by atoms with Crippen LogP contribution in [0.25, 0.3) is 11.1 Å². The molecule has 29 heavy (non-hydrogen) atoms. The van der Waals surface area contributed by atoms with Gasteiger partial charge in [0, 0.05) is 5.56 Å². The Bertz CT molecular complexity index is 1060. The lowest BCUT2D eigenvalue weighted by molar-refractivity contribution is -0.150. The largest absolute Gasteiger partial charge is 0.490 e. The van der Waals surface area contributed by atoms with Crippen LogP contribution in [0.15, 0.2) is 23.0 Å². The van der Waals surface area contributed by atoms with E-state index in [0.717, 1.165) is 0 Å². The molecule has 2 aromatic rings. The van der Waals surface area contributed by atoms with Gasteiger partial charge in [-0.3, -0.25) is 4.79 Å². The molecule has 0 saturated carbocycles. The molecule has 0 aliphatic carbocycles. The number of nitrogens with one attached hydrogen (secondary N) is 1. The molecule has 1 aromatic heterocycles. The Labute approximate surface area is 167 Å². The molecule has 1 unspecified atom stereocenters. The second-order valence-corrected chi connectivity index (χ2v) is 5.82. The SMILES string of the molecule is CCOC(=O)C(C)Oc1ccc(-c2c(C#N)c(N)[nH]c(=O)c2C#N)cc1OCC. The predicted molar refractivity (Wildman–Crippen MR) is 104 cm³/mol. The van der Waals surface area contributed by atoms with Gasteiger partial charge in [-0.2, -0.15) is 10.5 Å². The lowest BCUT2D eigenvalue weighted by atomic mass is 9.96. The maximum absolute atomic E-state index is 12.1. The van der Waals surface area contributed by atoms with E-state index in [9.17, 15) is 20.1 Å². The van der Waals surface area contributed by atoms with E-state index in [4.69, 9.17) is 19.9 Å². The Kier molecular flexibility index (Phi) is 6.83. The van der Waals surface area contributed by atoms with Crippen LogP contribution in [0.3, 0.4) is 0 Å². The number of pyridine rings is 1. The van der Waals surface area contributed by atoms with Crippen molar-refractivity contribution in [3.63, 3.8) is 0 Å². The second kappa shape index (κ2) is 9.29. The molecule has 150 valence electrons. The molecule has 0 aliphatic heterocycles. The van der Waals surface area contributed by atoms with Crippen LogP contribution in [0.4, 0.5) is 5.82 Å². The van der Waals surface area contributed by atoms with Crippen LogP contribution in [0, 0.1) is 22.7 Å². The quantitative estimate of drug-likeness (QED) is 0.675. The monoisotopic (exact) mass is 396 g/mol. The van der Waals surface area contributed by atoms with E-state index in [1.807, 2.05) is 12.1 Å². The number of aromatic amines is 1. The summed E-state index contributed by atoms with van der Waals surface area (Å²) in [5.74, 6) is -0.126. The third-order valence-electron chi connectivity index (χ3n) is 3.92. The van der Waals surface area contributed by atoms with Crippen LogP contribution in [0.5, 0.6) is 11.5 Å². The van der Waals surface area contributed by atoms with Crippen molar-refractivity contribution in [2.45, 2.75) is 26.9 Å². The molecule has 1 aromatic carbocycles. The highest BCUT2D eigenvalue weighted by Gasteiger charge is 2.22. The molecular weight excluding hydrogens is 376 g/mol. The van der Waals surface area contributed by atoms with Gasteiger partial charge in [0.15, 0.2) is 17.6 Å². The Hall–Kier alpha value is -3.98. The molecular formula is C20H20N4O5. The normalized spacial score (nSPS) is 11.1. The highest BCUT2D eigenvalue weighted by Crippen LogP contribution is 2.36. The van der Waals surface area contributed by atoms with Gasteiger partial charge < -0.3 is 24.9 Å². The Morgan fingerprint density at radius 2 is 1.86 bits per heavy atom. The van der Waals surface area contributed by atoms with E-state index in [1.54, 1.807) is 26.8 Å². The number of anilines is 1. The van der Waals surface area contributed by atoms with E-state index < -0.39 is 17.6 Å². The van der Waals surface area contributed by atoms with Crippen LogP contribution in [0.1, 0.15) is 31.9 Å². The van der Waals surface area contributed by atoms with Gasteiger partial charge in [0.1, 0.15) is 29.1 Å². The van der Waals surface area contributed by atoms with E-state index in [1.165, 1.54) is 12.1 Å². The fraction of sp³-hybridized carbons (Fsp3) is 0.300. The highest BCUT2D eigenvalue weighted by molar-refractivity contribution is 5.81. The number of rotatable bonds is 7. The number of nitrogen functional groups attached to an aromatic ring is 1. The zero-order chi connectivity index (χ0) is 21.6. The smallest absolute Gasteiger partial charge is 0.347 e. The van der Waals surface area contributed by atoms with Crippen molar-refractivity contribution in [3.05, 3.63) is 39.7 Å². The summed E-state index contributed by atoms with van der Waals surface area (Å²) >= 11 is 0. The first-order valence-corrected chi connectivity index (χ1v) is 8.84. The van der Waals surface area contributed by atoms with Crippen molar-refractivity contribution in [2.75, 3.05) is 18.9 Å². The summed E-state index contributed by atoms with van der Waals surface area (Å²) in [6.45, 7) is 5.51. The molecule has 0 saturated heterocycles. The summed E-state index contributed by atoms with van der Waals surface area (Å²) in [6.07, 6.45) is -0.875. The van der Waals surface area contributed by atoms with Crippen molar-refractivity contribution >= 4 is 11.8 Å². The van der Waals surface area contributed by atoms with Gasteiger partial charge in [-0.25, -0.2) is 4.79 Å². The summed E-state index contributed by atoms with van der Waals surface area (Å²) in [5.41, 5.74) is 5.25. The zero-order valence-corrected chi connectivity index (χ0v) is 16.2. The molecule has 0 radical (unpaired) electrons. The van der Waals surface area contributed by atoms with Crippen LogP contribution >= 0.6 is 0 Å². The summed E-state index contributed by atoms with van der Waals surface area (Å²) in [5, 5.41) is 18.9. The number of carbonyl (C=O) groups is 1. The molecule has 9 heteroatoms. The minimum atomic E-state index is -0.875. The topological polar surface area (TPSA) is 151 Å². The number of hydrogen-bond acceptors (Lipinski definition) is 8. The number of esters is 1. The molecule has 0 aliphatic rings. The Morgan fingerprint density at radius 3 is 2.45 bits per heavy atom. The van der Waals surface area contributed by atoms with Crippen molar-refractivity contribution < 1.29 is 19.0 Å². The standard InChI is InChI=1S/C20H20N4O5/c1-4-27-16-8-12(6-7-15(16)29-11(3)20(26)28-5-2)17-13(9-21)18(23)24-19(25)14(17)10-22/h6-8,11H,4-5H2,1-3H3,(H3,23,24,25). The fourth-order valence-electron chi connectivity index (χ4n) is 2.66. The maximum atomic E-state index is 12.1. The van der Waals surface area contributed by atoms with Gasteiger partial charge in [-0.05, 0) is 38.5 Å². The number of nitrogens with zero attached hydrogens (tertiary/aromatic N) is 2. The molecule has 1 atom stereocenters. The molecule has 0 fully saturated rings. The lowest BCUT2D eigenvalue weighted by Gasteiger charge is -2.18. The molecule has 3 N–H and O–H groups in total. The Morgan fingerprint density at radius 1 is 1.17 bits per heavy atom. The number of nitrogens with two attached hydrogens (primary N) is 1. The summed E-state index contributed by atoms with van der Waals surface area (Å²) in [6, 6.07) is 8.31. The van der Waals surface area contributed by atoms with E-state index in [-0.39, 0.29) is 40.6 Å². The second-order valence-electron chi connectivity index (χ2n) is 5.82. The fourth-order valence-corrected chi connectivity index (χ4v) is 2.66. The minimum Gasteiger partial charge on any atom is -0.490 e. The van der Waals surface area contributed by atoms with Crippen molar-refractivity contribution in [2.24, 2.45) is 0 Å². The molecule has 1 heterocycles. The third-order valence-corrected chi connectivity index (χ3v) is 3.92. The first-order valence-electron chi connectivity index (χ1n) is 8.84. The lowest BCUT2D eigenvalue weighted by Crippen LogP contribution is -2.26. The summed E-state index contributed by atoms with van der Waals surface area (Å²) in [4.78, 5) is 26.2. The molecule has 0 spiro atoms. The van der Waals surface area contributed by atoms with Crippen molar-refractivity contribution in [3.8, 4) is 34.8 Å². The number of carbonyl (C=O) groups excluding carboxylic acids is 1. The van der Waals surface area contributed by atoms with E-state index >= 15 is 0 Å². The van der Waals surface area contributed by atoms with Gasteiger partial charge in [0.25, 0.3) is 5.56 Å². The van der Waals surface area contributed by atoms with Crippen LogP contribution in [0.2, 0.25) is 0 Å². The van der Waals surface area contributed by atoms with Crippen LogP contribution < -0.4 is 20.8 Å². The minimum absolute atomic E-state index is 0.0304. The van der Waals surface area contributed by atoms with Crippen molar-refractivity contribution in [1.82, 2.24) is 4.98 Å². The van der Waals surface area contributed by atoms with Crippen LogP contribution in [-0.2, 0) is 9.53 Å². The average molecular weight is 396 g/mol. The number of aromatic nitrogens is 1. The van der Waals surface area contributed by atoms with E-state index in [0.29, 0.717) is 12.2 Å². The zero-order valence-electron chi connectivity index (χ0n) is 16.2. The molecule has 9 nitrogen and oxygen atoms in total. The van der Waals surface area contributed by atoms with E-state index in [2.05, 4.69) is 4.98 Å². The van der Waals surface area contributed by atoms with Gasteiger partial charge in [-0.1, -0.05) is 6.07 Å². The van der Waals surface area contributed by atoms with Gasteiger partial charge in [0.2, 0.25) is 0 Å².